The van der Waals surface area contributed by atoms with Gasteiger partial charge in [-0.3, -0.25) is 4.79 Å². The van der Waals surface area contributed by atoms with Gasteiger partial charge in [0.2, 0.25) is 15.9 Å². The number of amides is 1. The summed E-state index contributed by atoms with van der Waals surface area (Å²) in [6.07, 6.45) is 2.18. The van der Waals surface area contributed by atoms with E-state index < -0.39 is 16.1 Å². The molecular formula is C18H20N2O3S2. The quantitative estimate of drug-likeness (QED) is 0.827. The van der Waals surface area contributed by atoms with E-state index in [1.54, 1.807) is 41.7 Å². The topological polar surface area (TPSA) is 57.7 Å². The van der Waals surface area contributed by atoms with E-state index in [0.29, 0.717) is 26.1 Å². The van der Waals surface area contributed by atoms with Crippen LogP contribution in [0.3, 0.4) is 0 Å². The standard InChI is InChI=1S/C18H20N2O3S2/c21-18(19-11-8-17-14(13-19)9-12-24-17)16-7-4-10-20(16)25(22,23)15-5-2-1-3-6-15/h1-3,5-6,9,12,16H,4,7-8,10-11,13H2. The fourth-order valence-electron chi connectivity index (χ4n) is 3.65. The molecule has 1 saturated heterocycles. The molecule has 1 aromatic heterocycles. The van der Waals surface area contributed by atoms with Gasteiger partial charge in [-0.05, 0) is 48.4 Å². The molecule has 1 aromatic carbocycles. The fourth-order valence-corrected chi connectivity index (χ4v) is 6.21. The van der Waals surface area contributed by atoms with Crippen LogP contribution in [0.25, 0.3) is 0 Å². The van der Waals surface area contributed by atoms with E-state index in [4.69, 9.17) is 0 Å². The van der Waals surface area contributed by atoms with Gasteiger partial charge in [-0.1, -0.05) is 18.2 Å². The maximum absolute atomic E-state index is 13.0. The van der Waals surface area contributed by atoms with Crippen molar-refractivity contribution in [3.05, 3.63) is 52.2 Å². The van der Waals surface area contributed by atoms with Crippen molar-refractivity contribution in [1.29, 1.82) is 0 Å². The monoisotopic (exact) mass is 376 g/mol. The normalized spacial score (nSPS) is 21.3. The molecule has 0 spiro atoms. The number of rotatable bonds is 3. The summed E-state index contributed by atoms with van der Waals surface area (Å²) in [5.74, 6) is -0.0612. The summed E-state index contributed by atoms with van der Waals surface area (Å²) in [5.41, 5.74) is 1.19. The van der Waals surface area contributed by atoms with Crippen molar-refractivity contribution >= 4 is 27.3 Å². The first-order valence-electron chi connectivity index (χ1n) is 8.48. The number of benzene rings is 1. The number of thiophene rings is 1. The first-order chi connectivity index (χ1) is 12.1. The third-order valence-corrected chi connectivity index (χ3v) is 7.90. The fraction of sp³-hybridized carbons (Fsp3) is 0.389. The van der Waals surface area contributed by atoms with Crippen LogP contribution in [0.1, 0.15) is 23.3 Å². The summed E-state index contributed by atoms with van der Waals surface area (Å²) in [6, 6.07) is 9.88. The first-order valence-corrected chi connectivity index (χ1v) is 10.8. The third-order valence-electron chi connectivity index (χ3n) is 4.96. The molecule has 0 bridgehead atoms. The largest absolute Gasteiger partial charge is 0.337 e. The van der Waals surface area contributed by atoms with E-state index in [1.165, 1.54) is 14.7 Å². The number of carbonyl (C=O) groups excluding carboxylic acids is 1. The summed E-state index contributed by atoms with van der Waals surface area (Å²) in [6.45, 7) is 1.67. The second-order valence-electron chi connectivity index (χ2n) is 6.47. The molecule has 3 heterocycles. The molecule has 7 heteroatoms. The number of fused-ring (bicyclic) bond motifs is 1. The zero-order valence-electron chi connectivity index (χ0n) is 13.8. The molecule has 2 aromatic rings. The molecule has 0 N–H and O–H groups in total. The lowest BCUT2D eigenvalue weighted by Crippen LogP contribution is -2.48. The third kappa shape index (κ3) is 3.01. The van der Waals surface area contributed by atoms with Gasteiger partial charge in [-0.15, -0.1) is 11.3 Å². The van der Waals surface area contributed by atoms with E-state index in [-0.39, 0.29) is 10.8 Å². The van der Waals surface area contributed by atoms with Gasteiger partial charge < -0.3 is 4.90 Å². The van der Waals surface area contributed by atoms with Crippen LogP contribution in [0.4, 0.5) is 0 Å². The van der Waals surface area contributed by atoms with Crippen LogP contribution in [0.5, 0.6) is 0 Å². The molecule has 1 unspecified atom stereocenters. The Balaban J connectivity index is 1.57. The van der Waals surface area contributed by atoms with Crippen molar-refractivity contribution in [2.75, 3.05) is 13.1 Å². The second-order valence-corrected chi connectivity index (χ2v) is 9.36. The van der Waals surface area contributed by atoms with Crippen molar-refractivity contribution in [2.24, 2.45) is 0 Å². The Hall–Kier alpha value is -1.70. The Bertz CT molecular complexity index is 877. The summed E-state index contributed by atoms with van der Waals surface area (Å²) in [4.78, 5) is 16.5. The predicted molar refractivity (Wildman–Crippen MR) is 96.8 cm³/mol. The summed E-state index contributed by atoms with van der Waals surface area (Å²) >= 11 is 1.73. The molecule has 132 valence electrons. The summed E-state index contributed by atoms with van der Waals surface area (Å²) < 4.78 is 27.3. The molecule has 1 fully saturated rings. The number of carbonyl (C=O) groups is 1. The van der Waals surface area contributed by atoms with Gasteiger partial charge in [-0.2, -0.15) is 4.31 Å². The average Bonchev–Trinajstić information content (AvgIpc) is 3.30. The van der Waals surface area contributed by atoms with Crippen molar-refractivity contribution in [3.8, 4) is 0 Å². The van der Waals surface area contributed by atoms with Crippen LogP contribution in [0, 0.1) is 0 Å². The van der Waals surface area contributed by atoms with Crippen LogP contribution < -0.4 is 0 Å². The zero-order valence-corrected chi connectivity index (χ0v) is 15.4. The molecule has 0 aliphatic carbocycles. The Morgan fingerprint density at radius 2 is 1.92 bits per heavy atom. The van der Waals surface area contributed by atoms with Gasteiger partial charge in [0.15, 0.2) is 0 Å². The minimum Gasteiger partial charge on any atom is -0.337 e. The molecule has 2 aliphatic heterocycles. The Morgan fingerprint density at radius 3 is 2.72 bits per heavy atom. The van der Waals surface area contributed by atoms with E-state index in [9.17, 15) is 13.2 Å². The van der Waals surface area contributed by atoms with Crippen LogP contribution in [-0.2, 0) is 27.8 Å². The van der Waals surface area contributed by atoms with Crippen LogP contribution in [-0.4, -0.2) is 42.7 Å². The maximum atomic E-state index is 13.0. The van der Waals surface area contributed by atoms with Crippen molar-refractivity contribution in [2.45, 2.75) is 36.7 Å². The van der Waals surface area contributed by atoms with Gasteiger partial charge in [0.1, 0.15) is 6.04 Å². The maximum Gasteiger partial charge on any atom is 0.243 e. The van der Waals surface area contributed by atoms with E-state index >= 15 is 0 Å². The minimum atomic E-state index is -3.63. The molecule has 0 radical (unpaired) electrons. The highest BCUT2D eigenvalue weighted by molar-refractivity contribution is 7.89. The minimum absolute atomic E-state index is 0.0612. The van der Waals surface area contributed by atoms with E-state index in [1.807, 2.05) is 4.90 Å². The molecule has 1 atom stereocenters. The highest BCUT2D eigenvalue weighted by atomic mass is 32.2. The van der Waals surface area contributed by atoms with E-state index in [2.05, 4.69) is 11.4 Å². The first kappa shape index (κ1) is 16.8. The highest BCUT2D eigenvalue weighted by Crippen LogP contribution is 2.30. The zero-order chi connectivity index (χ0) is 17.4. The van der Waals surface area contributed by atoms with Crippen molar-refractivity contribution in [1.82, 2.24) is 9.21 Å². The highest BCUT2D eigenvalue weighted by Gasteiger charge is 2.41. The van der Waals surface area contributed by atoms with Crippen molar-refractivity contribution < 1.29 is 13.2 Å². The SMILES string of the molecule is O=C(C1CCCN1S(=O)(=O)c1ccccc1)N1CCc2sccc2C1. The lowest BCUT2D eigenvalue weighted by molar-refractivity contribution is -0.135. The summed E-state index contributed by atoms with van der Waals surface area (Å²) in [5, 5.41) is 2.06. The van der Waals surface area contributed by atoms with Gasteiger partial charge in [-0.25, -0.2) is 8.42 Å². The van der Waals surface area contributed by atoms with Gasteiger partial charge in [0.05, 0.1) is 4.90 Å². The molecule has 5 nitrogen and oxygen atoms in total. The molecule has 4 rings (SSSR count). The Morgan fingerprint density at radius 1 is 1.12 bits per heavy atom. The second kappa shape index (κ2) is 6.55. The Kier molecular flexibility index (Phi) is 4.39. The smallest absolute Gasteiger partial charge is 0.243 e. The molecule has 0 saturated carbocycles. The number of hydrogen-bond acceptors (Lipinski definition) is 4. The predicted octanol–water partition coefficient (Wildman–Crippen LogP) is 2.49. The average molecular weight is 377 g/mol. The number of hydrogen-bond donors (Lipinski definition) is 0. The van der Waals surface area contributed by atoms with Gasteiger partial charge in [0.25, 0.3) is 0 Å². The lowest BCUT2D eigenvalue weighted by Gasteiger charge is -2.32. The molecular weight excluding hydrogens is 356 g/mol. The lowest BCUT2D eigenvalue weighted by atomic mass is 10.1. The molecule has 25 heavy (non-hydrogen) atoms. The van der Waals surface area contributed by atoms with Gasteiger partial charge >= 0.3 is 0 Å². The number of sulfonamides is 1. The molecule has 2 aliphatic rings. The summed E-state index contributed by atoms with van der Waals surface area (Å²) in [7, 11) is -3.63. The number of nitrogens with zero attached hydrogens (tertiary/aromatic N) is 2. The van der Waals surface area contributed by atoms with E-state index in [0.717, 1.165) is 12.8 Å². The van der Waals surface area contributed by atoms with Crippen LogP contribution in [0.2, 0.25) is 0 Å². The van der Waals surface area contributed by atoms with Crippen LogP contribution >= 0.6 is 11.3 Å². The van der Waals surface area contributed by atoms with Crippen molar-refractivity contribution in [3.63, 3.8) is 0 Å². The van der Waals surface area contributed by atoms with Crippen LogP contribution in [0.15, 0.2) is 46.7 Å². The Labute approximate surface area is 151 Å². The molecule has 1 amide bonds. The van der Waals surface area contributed by atoms with Gasteiger partial charge in [0, 0.05) is 24.5 Å².